The number of rotatable bonds is 17. The van der Waals surface area contributed by atoms with Crippen LogP contribution in [0, 0.1) is 0 Å². The Balaban J connectivity index is 1.74. The van der Waals surface area contributed by atoms with E-state index in [9.17, 15) is 4.79 Å². The Bertz CT molecular complexity index is 780. The van der Waals surface area contributed by atoms with Crippen LogP contribution in [0.1, 0.15) is 59.8 Å². The number of carbonyl (C=O) groups excluding carboxylic acids is 1. The topological polar surface area (TPSA) is 54.0 Å². The highest BCUT2D eigenvalue weighted by molar-refractivity contribution is 6.99. The lowest BCUT2D eigenvalue weighted by Gasteiger charge is -2.43. The maximum absolute atomic E-state index is 11.7. The van der Waals surface area contributed by atoms with Crippen molar-refractivity contribution in [3.8, 4) is 0 Å². The first-order valence-electron chi connectivity index (χ1n) is 13.0. The van der Waals surface area contributed by atoms with Crippen molar-refractivity contribution < 1.29 is 23.4 Å². The van der Waals surface area contributed by atoms with E-state index in [0.717, 1.165) is 19.3 Å². The molecule has 0 saturated carbocycles. The Morgan fingerprint density at radius 1 is 0.714 bits per heavy atom. The largest absolute Gasteiger partial charge is 0.463 e. The minimum absolute atomic E-state index is 0.0494. The predicted molar refractivity (Wildman–Crippen MR) is 145 cm³/mol. The SMILES string of the molecule is CCCCCCC(=O)OCCOCCOCCO[Si](c1ccccc1)(c1ccccc1)C(C)(C)C. The molecular weight excluding hydrogens is 456 g/mol. The van der Waals surface area contributed by atoms with Gasteiger partial charge in [-0.2, -0.15) is 0 Å². The van der Waals surface area contributed by atoms with E-state index in [-0.39, 0.29) is 11.0 Å². The number of benzene rings is 2. The molecule has 2 aromatic carbocycles. The Morgan fingerprint density at radius 3 is 1.74 bits per heavy atom. The molecular formula is C29H44O5Si. The van der Waals surface area contributed by atoms with Crippen LogP contribution in [0.4, 0.5) is 0 Å². The molecule has 0 aliphatic heterocycles. The van der Waals surface area contributed by atoms with Gasteiger partial charge in [0.15, 0.2) is 0 Å². The fraction of sp³-hybridized carbons (Fsp3) is 0.552. The molecule has 5 nitrogen and oxygen atoms in total. The molecule has 2 aromatic rings. The molecule has 0 aromatic heterocycles. The number of esters is 1. The first-order chi connectivity index (χ1) is 16.9. The number of carbonyl (C=O) groups is 1. The number of hydrogen-bond acceptors (Lipinski definition) is 5. The molecule has 0 spiro atoms. The second-order valence-electron chi connectivity index (χ2n) is 9.77. The fourth-order valence-electron chi connectivity index (χ4n) is 4.32. The van der Waals surface area contributed by atoms with E-state index in [1.807, 2.05) is 12.1 Å². The van der Waals surface area contributed by atoms with E-state index in [4.69, 9.17) is 18.6 Å². The Kier molecular flexibility index (Phi) is 13.3. The summed E-state index contributed by atoms with van der Waals surface area (Å²) in [6.45, 7) is 11.6. The van der Waals surface area contributed by atoms with Crippen molar-refractivity contribution in [2.75, 3.05) is 39.6 Å². The molecule has 0 aliphatic rings. The molecule has 2 rings (SSSR count). The van der Waals surface area contributed by atoms with Crippen LogP contribution in [0.5, 0.6) is 0 Å². The average Bonchev–Trinajstić information content (AvgIpc) is 2.85. The van der Waals surface area contributed by atoms with Crippen molar-refractivity contribution in [3.05, 3.63) is 60.7 Å². The second kappa shape index (κ2) is 15.9. The van der Waals surface area contributed by atoms with Crippen molar-refractivity contribution in [3.63, 3.8) is 0 Å². The van der Waals surface area contributed by atoms with Crippen LogP contribution in [0.15, 0.2) is 60.7 Å². The normalized spacial score (nSPS) is 12.0. The third-order valence-electron chi connectivity index (χ3n) is 6.06. The second-order valence-corrected chi connectivity index (χ2v) is 14.1. The minimum atomic E-state index is -2.52. The average molecular weight is 501 g/mol. The highest BCUT2D eigenvalue weighted by Gasteiger charge is 2.49. The summed E-state index contributed by atoms with van der Waals surface area (Å²) in [4.78, 5) is 11.7. The molecule has 194 valence electrons. The van der Waals surface area contributed by atoms with Crippen LogP contribution < -0.4 is 10.4 Å². The van der Waals surface area contributed by atoms with Gasteiger partial charge in [-0.1, -0.05) is 108 Å². The zero-order chi connectivity index (χ0) is 25.4. The fourth-order valence-corrected chi connectivity index (χ4v) is 8.86. The number of hydrogen-bond donors (Lipinski definition) is 0. The van der Waals surface area contributed by atoms with Gasteiger partial charge >= 0.3 is 5.97 Å². The zero-order valence-electron chi connectivity index (χ0n) is 22.1. The Labute approximate surface area is 213 Å². The molecule has 0 aliphatic carbocycles. The summed E-state index contributed by atoms with van der Waals surface area (Å²) in [5.74, 6) is -0.138. The lowest BCUT2D eigenvalue weighted by atomic mass is 10.2. The van der Waals surface area contributed by atoms with Gasteiger partial charge in [0, 0.05) is 6.42 Å². The summed E-state index contributed by atoms with van der Waals surface area (Å²) in [5.41, 5.74) is 0. The quantitative estimate of drug-likeness (QED) is 0.172. The van der Waals surface area contributed by atoms with Crippen LogP contribution >= 0.6 is 0 Å². The third kappa shape index (κ3) is 9.52. The maximum atomic E-state index is 11.7. The molecule has 0 fully saturated rings. The summed E-state index contributed by atoms with van der Waals surface area (Å²) in [5, 5.41) is 2.48. The highest BCUT2D eigenvalue weighted by atomic mass is 28.4. The van der Waals surface area contributed by atoms with E-state index < -0.39 is 8.32 Å². The first kappa shape index (κ1) is 29.2. The molecule has 0 radical (unpaired) electrons. The first-order valence-corrected chi connectivity index (χ1v) is 14.9. The van der Waals surface area contributed by atoms with E-state index in [0.29, 0.717) is 46.1 Å². The summed E-state index contributed by atoms with van der Waals surface area (Å²) >= 11 is 0. The summed E-state index contributed by atoms with van der Waals surface area (Å²) in [7, 11) is -2.52. The van der Waals surface area contributed by atoms with Gasteiger partial charge < -0.3 is 18.6 Å². The van der Waals surface area contributed by atoms with Gasteiger partial charge in [-0.25, -0.2) is 0 Å². The molecule has 0 atom stereocenters. The number of unbranched alkanes of at least 4 members (excludes halogenated alkanes) is 3. The lowest BCUT2D eigenvalue weighted by Crippen LogP contribution is -2.66. The van der Waals surface area contributed by atoms with E-state index >= 15 is 0 Å². The maximum Gasteiger partial charge on any atom is 0.305 e. The Morgan fingerprint density at radius 2 is 1.23 bits per heavy atom. The van der Waals surface area contributed by atoms with Gasteiger partial charge in [0.2, 0.25) is 0 Å². The molecule has 6 heteroatoms. The van der Waals surface area contributed by atoms with E-state index in [1.165, 1.54) is 16.8 Å². The van der Waals surface area contributed by atoms with Crippen molar-refractivity contribution in [2.45, 2.75) is 64.8 Å². The van der Waals surface area contributed by atoms with Crippen molar-refractivity contribution in [1.82, 2.24) is 0 Å². The summed E-state index contributed by atoms with van der Waals surface area (Å²) < 4.78 is 23.3. The smallest absolute Gasteiger partial charge is 0.305 e. The van der Waals surface area contributed by atoms with E-state index in [1.54, 1.807) is 0 Å². The van der Waals surface area contributed by atoms with Crippen molar-refractivity contribution >= 4 is 24.7 Å². The number of ether oxygens (including phenoxy) is 3. The van der Waals surface area contributed by atoms with Crippen LogP contribution in [0.3, 0.4) is 0 Å². The minimum Gasteiger partial charge on any atom is -0.463 e. The highest BCUT2D eigenvalue weighted by Crippen LogP contribution is 2.36. The molecule has 0 heterocycles. The molecule has 0 amide bonds. The Hall–Kier alpha value is -1.99. The molecule has 0 N–H and O–H groups in total. The molecule has 0 bridgehead atoms. The van der Waals surface area contributed by atoms with E-state index in [2.05, 4.69) is 76.2 Å². The summed E-state index contributed by atoms with van der Waals surface area (Å²) in [6, 6.07) is 21.2. The predicted octanol–water partition coefficient (Wildman–Crippen LogP) is 5.11. The van der Waals surface area contributed by atoms with Crippen molar-refractivity contribution in [1.29, 1.82) is 0 Å². The standard InChI is InChI=1S/C29H44O5Si/c1-5-6-7-14-19-28(30)33-24-22-31-20-21-32-23-25-34-35(29(2,3)4,26-15-10-8-11-16-26)27-17-12-9-13-18-27/h8-13,15-18H,5-7,14,19-25H2,1-4H3. The van der Waals surface area contributed by atoms with Gasteiger partial charge in [0.05, 0.1) is 33.0 Å². The van der Waals surface area contributed by atoms with Gasteiger partial charge in [-0.05, 0) is 21.8 Å². The lowest BCUT2D eigenvalue weighted by molar-refractivity contribution is -0.145. The summed E-state index contributed by atoms with van der Waals surface area (Å²) in [6.07, 6.45) is 4.81. The molecule has 0 saturated heterocycles. The van der Waals surface area contributed by atoms with Gasteiger partial charge in [-0.15, -0.1) is 0 Å². The van der Waals surface area contributed by atoms with Crippen LogP contribution in [0.25, 0.3) is 0 Å². The van der Waals surface area contributed by atoms with Gasteiger partial charge in [0.1, 0.15) is 6.61 Å². The van der Waals surface area contributed by atoms with Crippen LogP contribution in [-0.2, 0) is 23.4 Å². The third-order valence-corrected chi connectivity index (χ3v) is 11.1. The zero-order valence-corrected chi connectivity index (χ0v) is 23.1. The van der Waals surface area contributed by atoms with Crippen LogP contribution in [-0.4, -0.2) is 53.9 Å². The van der Waals surface area contributed by atoms with Crippen LogP contribution in [0.2, 0.25) is 5.04 Å². The monoisotopic (exact) mass is 500 g/mol. The van der Waals surface area contributed by atoms with Gasteiger partial charge in [0.25, 0.3) is 8.32 Å². The van der Waals surface area contributed by atoms with Crippen molar-refractivity contribution in [2.24, 2.45) is 0 Å². The molecule has 35 heavy (non-hydrogen) atoms. The molecule has 0 unspecified atom stereocenters. The van der Waals surface area contributed by atoms with Gasteiger partial charge in [-0.3, -0.25) is 4.79 Å².